The van der Waals surface area contributed by atoms with Crippen LogP contribution in [0.2, 0.25) is 0 Å². The number of halogens is 3. The van der Waals surface area contributed by atoms with E-state index in [0.29, 0.717) is 11.6 Å². The second-order valence-electron chi connectivity index (χ2n) is 8.44. The summed E-state index contributed by atoms with van der Waals surface area (Å²) < 4.78 is 47.7. The van der Waals surface area contributed by atoms with Gasteiger partial charge in [-0.15, -0.1) is 0 Å². The van der Waals surface area contributed by atoms with Crippen molar-refractivity contribution in [2.45, 2.75) is 56.7 Å². The van der Waals surface area contributed by atoms with Crippen molar-refractivity contribution in [3.05, 3.63) is 59.2 Å². The number of rotatable bonds is 6. The lowest BCUT2D eigenvalue weighted by atomic mass is 9.95. The molecule has 0 amide bonds. The van der Waals surface area contributed by atoms with Crippen molar-refractivity contribution in [2.75, 3.05) is 0 Å². The molecule has 3 aliphatic rings. The lowest BCUT2D eigenvalue weighted by molar-refractivity contribution is 0.278. The molecule has 148 valence electrons. The van der Waals surface area contributed by atoms with Crippen molar-refractivity contribution in [1.82, 2.24) is 10.3 Å². The summed E-state index contributed by atoms with van der Waals surface area (Å²) in [5, 5.41) is 3.71. The summed E-state index contributed by atoms with van der Waals surface area (Å²) in [6.07, 6.45) is 7.35. The van der Waals surface area contributed by atoms with Crippen LogP contribution in [0, 0.1) is 29.4 Å². The minimum atomic E-state index is -0.745. The Bertz CT molecular complexity index is 890. The molecule has 3 unspecified atom stereocenters. The lowest BCUT2D eigenvalue weighted by Crippen LogP contribution is -2.36. The zero-order valence-corrected chi connectivity index (χ0v) is 15.5. The highest BCUT2D eigenvalue weighted by molar-refractivity contribution is 5.42. The Kier molecular flexibility index (Phi) is 4.54. The fourth-order valence-electron chi connectivity index (χ4n) is 5.13. The Morgan fingerprint density at radius 3 is 2.71 bits per heavy atom. The monoisotopic (exact) mass is 388 g/mol. The topological polar surface area (TPSA) is 34.1 Å². The van der Waals surface area contributed by atoms with Crippen LogP contribution in [0.15, 0.2) is 30.5 Å². The van der Waals surface area contributed by atoms with E-state index in [9.17, 15) is 13.2 Å². The molecule has 1 heterocycles. The number of hydrogen-bond acceptors (Lipinski definition) is 3. The average Bonchev–Trinajstić information content (AvgIpc) is 3.10. The van der Waals surface area contributed by atoms with Crippen molar-refractivity contribution in [3.8, 4) is 5.75 Å². The number of pyridine rings is 1. The van der Waals surface area contributed by atoms with E-state index in [1.807, 2.05) is 0 Å². The number of nitrogens with zero attached hydrogens (tertiary/aromatic N) is 1. The number of fused-ring (bicyclic) bond motifs is 2. The van der Waals surface area contributed by atoms with Crippen LogP contribution < -0.4 is 10.1 Å². The van der Waals surface area contributed by atoms with Crippen LogP contribution in [-0.4, -0.2) is 17.1 Å². The first-order valence-electron chi connectivity index (χ1n) is 10.1. The summed E-state index contributed by atoms with van der Waals surface area (Å²) >= 11 is 0. The van der Waals surface area contributed by atoms with Gasteiger partial charge in [-0.2, -0.15) is 4.39 Å². The molecule has 28 heavy (non-hydrogen) atoms. The van der Waals surface area contributed by atoms with Crippen LogP contribution in [-0.2, 0) is 6.61 Å². The van der Waals surface area contributed by atoms with Crippen molar-refractivity contribution in [3.63, 3.8) is 0 Å². The van der Waals surface area contributed by atoms with Gasteiger partial charge in [-0.1, -0.05) is 6.42 Å². The quantitative estimate of drug-likeness (QED) is 0.728. The van der Waals surface area contributed by atoms with Gasteiger partial charge in [0.25, 0.3) is 0 Å². The molecule has 0 aliphatic heterocycles. The zero-order valence-electron chi connectivity index (χ0n) is 15.5. The molecule has 2 aromatic rings. The van der Waals surface area contributed by atoms with Gasteiger partial charge < -0.3 is 10.1 Å². The Balaban J connectivity index is 1.31. The normalized spacial score (nSPS) is 30.6. The fraction of sp³-hybridized carbons (Fsp3) is 0.500. The van der Waals surface area contributed by atoms with E-state index >= 15 is 0 Å². The molecule has 6 heteroatoms. The van der Waals surface area contributed by atoms with Crippen molar-refractivity contribution >= 4 is 0 Å². The molecular formula is C22H23F3N2O. The second-order valence-corrected chi connectivity index (χ2v) is 8.44. The molecule has 0 saturated heterocycles. The van der Waals surface area contributed by atoms with Crippen LogP contribution >= 0.6 is 0 Å². The Hall–Kier alpha value is -2.08. The predicted molar refractivity (Wildman–Crippen MR) is 98.4 cm³/mol. The van der Waals surface area contributed by atoms with E-state index in [4.69, 9.17) is 4.74 Å². The number of aromatic nitrogens is 1. The molecule has 0 spiro atoms. The number of benzene rings is 1. The standard InChI is InChI=1S/C22H23F3N2O/c23-15-8-17(16-10-20(16)27-19-7-12-3-4-13(19)6-12)21(18(24)9-15)28-11-14-2-1-5-26-22(14)25/h1-2,5,8-9,12-13,16,19-20,27H,3-4,6-7,10-11H2/t12?,13?,16-,19?,20+/m0/s1. The molecule has 3 nitrogen and oxygen atoms in total. The van der Waals surface area contributed by atoms with Gasteiger partial charge in [-0.05, 0) is 55.7 Å². The summed E-state index contributed by atoms with van der Waals surface area (Å²) in [7, 11) is 0. The third kappa shape index (κ3) is 3.39. The molecule has 2 bridgehead atoms. The summed E-state index contributed by atoms with van der Waals surface area (Å²) in [4.78, 5) is 3.58. The SMILES string of the molecule is Fc1cc(F)c(OCc2cccnc2F)c([C@@H]2C[C@H]2NC2CC3CCC2C3)c1. The maximum atomic E-state index is 14.5. The predicted octanol–water partition coefficient (Wildman–Crippen LogP) is 4.71. The van der Waals surface area contributed by atoms with E-state index in [0.717, 1.165) is 24.3 Å². The Morgan fingerprint density at radius 1 is 1.07 bits per heavy atom. The molecule has 3 aliphatic carbocycles. The van der Waals surface area contributed by atoms with E-state index in [1.54, 1.807) is 12.1 Å². The third-order valence-electron chi connectivity index (χ3n) is 6.60. The van der Waals surface area contributed by atoms with E-state index in [1.165, 1.54) is 37.9 Å². The molecule has 3 fully saturated rings. The minimum Gasteiger partial charge on any atom is -0.485 e. The smallest absolute Gasteiger partial charge is 0.219 e. The minimum absolute atomic E-state index is 0.0203. The summed E-state index contributed by atoms with van der Waals surface area (Å²) in [6, 6.07) is 6.06. The average molecular weight is 388 g/mol. The number of ether oxygens (including phenoxy) is 1. The second kappa shape index (κ2) is 7.07. The third-order valence-corrected chi connectivity index (χ3v) is 6.60. The number of hydrogen-bond donors (Lipinski definition) is 1. The highest BCUT2D eigenvalue weighted by Gasteiger charge is 2.46. The van der Waals surface area contributed by atoms with Crippen molar-refractivity contribution < 1.29 is 17.9 Å². The molecule has 0 radical (unpaired) electrons. The van der Waals surface area contributed by atoms with Crippen LogP contribution in [0.5, 0.6) is 5.75 Å². The van der Waals surface area contributed by atoms with Gasteiger partial charge in [-0.25, -0.2) is 13.8 Å². The molecule has 1 aromatic carbocycles. The first-order chi connectivity index (χ1) is 13.6. The van der Waals surface area contributed by atoms with Gasteiger partial charge in [0, 0.05) is 41.4 Å². The summed E-state index contributed by atoms with van der Waals surface area (Å²) in [5.41, 5.74) is 0.770. The first-order valence-corrected chi connectivity index (χ1v) is 10.1. The van der Waals surface area contributed by atoms with Crippen LogP contribution in [0.25, 0.3) is 0 Å². The zero-order chi connectivity index (χ0) is 19.3. The van der Waals surface area contributed by atoms with Gasteiger partial charge in [0.1, 0.15) is 12.4 Å². The van der Waals surface area contributed by atoms with Gasteiger partial charge in [0.15, 0.2) is 11.6 Å². The van der Waals surface area contributed by atoms with Crippen LogP contribution in [0.3, 0.4) is 0 Å². The maximum Gasteiger partial charge on any atom is 0.219 e. The van der Waals surface area contributed by atoms with Crippen molar-refractivity contribution in [1.29, 1.82) is 0 Å². The van der Waals surface area contributed by atoms with Gasteiger partial charge in [0.2, 0.25) is 5.95 Å². The molecule has 5 atom stereocenters. The molecule has 1 N–H and O–H groups in total. The summed E-state index contributed by atoms with van der Waals surface area (Å²) in [5.74, 6) is -0.360. The Morgan fingerprint density at radius 2 is 1.96 bits per heavy atom. The highest BCUT2D eigenvalue weighted by Crippen LogP contribution is 2.50. The largest absolute Gasteiger partial charge is 0.485 e. The molecule has 3 saturated carbocycles. The highest BCUT2D eigenvalue weighted by atomic mass is 19.1. The fourth-order valence-corrected chi connectivity index (χ4v) is 5.13. The number of nitrogens with one attached hydrogen (secondary N) is 1. The van der Waals surface area contributed by atoms with E-state index in [-0.39, 0.29) is 29.9 Å². The molecular weight excluding hydrogens is 365 g/mol. The first kappa shape index (κ1) is 18.0. The van der Waals surface area contributed by atoms with Gasteiger partial charge in [0.05, 0.1) is 0 Å². The maximum absolute atomic E-state index is 14.5. The molecule has 5 rings (SSSR count). The van der Waals surface area contributed by atoms with Crippen LogP contribution in [0.4, 0.5) is 13.2 Å². The van der Waals surface area contributed by atoms with E-state index < -0.39 is 17.6 Å². The lowest BCUT2D eigenvalue weighted by Gasteiger charge is -2.23. The molecule has 1 aromatic heterocycles. The summed E-state index contributed by atoms with van der Waals surface area (Å²) in [6.45, 7) is -0.146. The van der Waals surface area contributed by atoms with Gasteiger partial charge in [-0.3, -0.25) is 0 Å². The Labute approximate surface area is 162 Å². The van der Waals surface area contributed by atoms with Crippen LogP contribution in [0.1, 0.15) is 49.1 Å². The van der Waals surface area contributed by atoms with E-state index in [2.05, 4.69) is 10.3 Å². The van der Waals surface area contributed by atoms with Crippen molar-refractivity contribution in [2.24, 2.45) is 11.8 Å². The van der Waals surface area contributed by atoms with Gasteiger partial charge >= 0.3 is 0 Å².